The second-order valence-electron chi connectivity index (χ2n) is 14.7. The Labute approximate surface area is 230 Å². The van der Waals surface area contributed by atoms with Crippen molar-refractivity contribution in [3.8, 4) is 11.5 Å². The third-order valence-electron chi connectivity index (χ3n) is 7.13. The number of nitrogens with two attached hydrogens (primary N) is 1. The van der Waals surface area contributed by atoms with Crippen molar-refractivity contribution in [2.45, 2.75) is 124 Å². The molecule has 0 bridgehead atoms. The molecule has 5 nitrogen and oxygen atoms in total. The lowest BCUT2D eigenvalue weighted by Crippen LogP contribution is -2.39. The van der Waals surface area contributed by atoms with Crippen molar-refractivity contribution in [3.05, 3.63) is 57.6 Å². The van der Waals surface area contributed by atoms with Gasteiger partial charge in [-0.3, -0.25) is 4.79 Å². The van der Waals surface area contributed by atoms with Crippen LogP contribution in [0.2, 0.25) is 0 Å². The third kappa shape index (κ3) is 6.72. The van der Waals surface area contributed by atoms with E-state index >= 15 is 0 Å². The predicted molar refractivity (Wildman–Crippen MR) is 157 cm³/mol. The lowest BCUT2D eigenvalue weighted by molar-refractivity contribution is -0.145. The first kappa shape index (κ1) is 31.7. The number of hydrogen-bond donors (Lipinski definition) is 3. The Morgan fingerprint density at radius 3 is 1.16 bits per heavy atom. The molecular weight excluding hydrogens is 474 g/mol. The molecule has 0 aromatic heterocycles. The van der Waals surface area contributed by atoms with Crippen LogP contribution in [0.4, 0.5) is 0 Å². The summed E-state index contributed by atoms with van der Waals surface area (Å²) in [5, 5.41) is 22.7. The molecule has 4 N–H and O–H groups in total. The van der Waals surface area contributed by atoms with Gasteiger partial charge < -0.3 is 20.7 Å². The van der Waals surface area contributed by atoms with Crippen LogP contribution in [0.15, 0.2) is 24.3 Å². The van der Waals surface area contributed by atoms with Gasteiger partial charge in [-0.25, -0.2) is 0 Å². The monoisotopic (exact) mass is 525 g/mol. The molecule has 0 saturated heterocycles. The predicted octanol–water partition coefficient (Wildman–Crippen LogP) is 7.31. The van der Waals surface area contributed by atoms with E-state index in [9.17, 15) is 15.0 Å². The van der Waals surface area contributed by atoms with Crippen LogP contribution in [0, 0.1) is 0 Å². The Hall–Kier alpha value is -2.53. The van der Waals surface area contributed by atoms with Crippen molar-refractivity contribution >= 4 is 5.97 Å². The number of rotatable bonds is 5. The van der Waals surface area contributed by atoms with E-state index in [1.807, 2.05) is 24.3 Å². The molecule has 0 spiro atoms. The zero-order chi connectivity index (χ0) is 29.6. The van der Waals surface area contributed by atoms with Crippen molar-refractivity contribution in [3.63, 3.8) is 0 Å². The fourth-order valence-electron chi connectivity index (χ4n) is 4.94. The van der Waals surface area contributed by atoms with Gasteiger partial charge >= 0.3 is 5.97 Å². The molecule has 0 aliphatic rings. The minimum atomic E-state index is -0.981. The maximum absolute atomic E-state index is 13.1. The van der Waals surface area contributed by atoms with Crippen molar-refractivity contribution in [2.24, 2.45) is 5.73 Å². The van der Waals surface area contributed by atoms with Gasteiger partial charge in [-0.05, 0) is 62.0 Å². The van der Waals surface area contributed by atoms with Crippen molar-refractivity contribution in [1.29, 1.82) is 0 Å². The number of carbonyl (C=O) groups is 1. The summed E-state index contributed by atoms with van der Waals surface area (Å²) < 4.78 is 5.40. The third-order valence-corrected chi connectivity index (χ3v) is 7.13. The second-order valence-corrected chi connectivity index (χ2v) is 14.7. The summed E-state index contributed by atoms with van der Waals surface area (Å²) in [6.07, 6.45) is 0. The number of carbonyl (C=O) groups excluding carboxylic acids is 1. The maximum atomic E-state index is 13.1. The van der Waals surface area contributed by atoms with Crippen LogP contribution in [0.25, 0.3) is 0 Å². The highest BCUT2D eigenvalue weighted by atomic mass is 16.5. The topological polar surface area (TPSA) is 92.8 Å². The Kier molecular flexibility index (Phi) is 8.81. The molecule has 0 fully saturated rings. The van der Waals surface area contributed by atoms with Crippen LogP contribution in [-0.4, -0.2) is 28.8 Å². The van der Waals surface area contributed by atoms with Gasteiger partial charge in [0.15, 0.2) is 0 Å². The van der Waals surface area contributed by atoms with Crippen LogP contribution in [0.5, 0.6) is 11.5 Å². The van der Waals surface area contributed by atoms with E-state index in [0.717, 1.165) is 33.4 Å². The van der Waals surface area contributed by atoms with E-state index in [1.54, 1.807) is 6.92 Å². The molecule has 38 heavy (non-hydrogen) atoms. The zero-order valence-corrected chi connectivity index (χ0v) is 26.0. The summed E-state index contributed by atoms with van der Waals surface area (Å²) >= 11 is 0. The van der Waals surface area contributed by atoms with Crippen LogP contribution < -0.4 is 5.73 Å². The van der Waals surface area contributed by atoms with E-state index in [-0.39, 0.29) is 39.8 Å². The number of phenolic OH excluding ortho intramolecular Hbond substituents is 2. The molecule has 0 heterocycles. The fraction of sp³-hybridized carbons (Fsp3) is 0.606. The summed E-state index contributed by atoms with van der Waals surface area (Å²) in [5.74, 6) is -0.495. The molecule has 2 rings (SSSR count). The number of aromatic hydroxyl groups is 2. The van der Waals surface area contributed by atoms with Crippen LogP contribution in [-0.2, 0) is 31.2 Å². The van der Waals surface area contributed by atoms with Gasteiger partial charge in [0, 0.05) is 5.92 Å². The number of benzene rings is 2. The summed E-state index contributed by atoms with van der Waals surface area (Å²) in [6.45, 7) is 26.8. The Morgan fingerprint density at radius 1 is 0.684 bits per heavy atom. The quantitative estimate of drug-likeness (QED) is 0.356. The largest absolute Gasteiger partial charge is 0.507 e. The van der Waals surface area contributed by atoms with Gasteiger partial charge in [-0.1, -0.05) is 107 Å². The van der Waals surface area contributed by atoms with Crippen LogP contribution in [0.3, 0.4) is 0 Å². The molecule has 0 saturated carbocycles. The average molecular weight is 526 g/mol. The molecule has 212 valence electrons. The summed E-state index contributed by atoms with van der Waals surface area (Å²) in [6, 6.07) is 6.94. The molecule has 0 radical (unpaired) electrons. The summed E-state index contributed by atoms with van der Waals surface area (Å²) in [7, 11) is 0. The molecule has 0 amide bonds. The standard InChI is InChI=1S/C33H51NO4/c1-14-38-29(37)26(34)25(19-15-21(30(2,3)4)27(35)22(16-19)31(5,6)7)20-17-23(32(8,9)10)28(36)24(18-20)33(11,12)13/h15-18,25-26,35-36H,14,34H2,1-13H3. The van der Waals surface area contributed by atoms with Gasteiger partial charge in [0.25, 0.3) is 0 Å². The first-order chi connectivity index (χ1) is 17.0. The van der Waals surface area contributed by atoms with Gasteiger partial charge in [0.2, 0.25) is 0 Å². The Balaban J connectivity index is 3.09. The SMILES string of the molecule is CCOC(=O)C(N)C(c1cc(C(C)(C)C)c(O)c(C(C)(C)C)c1)c1cc(C(C)(C)C)c(O)c(C(C)(C)C)c1. The van der Waals surface area contributed by atoms with E-state index < -0.39 is 17.9 Å². The number of phenols is 2. The minimum absolute atomic E-state index is 0.228. The maximum Gasteiger partial charge on any atom is 0.323 e. The van der Waals surface area contributed by atoms with Gasteiger partial charge in [-0.2, -0.15) is 0 Å². The molecule has 1 atom stereocenters. The highest BCUT2D eigenvalue weighted by Crippen LogP contribution is 2.46. The molecule has 2 aromatic carbocycles. The van der Waals surface area contributed by atoms with E-state index in [1.165, 1.54) is 0 Å². The smallest absolute Gasteiger partial charge is 0.323 e. The fourth-order valence-corrected chi connectivity index (χ4v) is 4.94. The first-order valence-electron chi connectivity index (χ1n) is 13.7. The molecular formula is C33H51NO4. The molecule has 0 aliphatic carbocycles. The second kappa shape index (κ2) is 10.6. The van der Waals surface area contributed by atoms with Crippen molar-refractivity contribution in [1.82, 2.24) is 0 Å². The first-order valence-corrected chi connectivity index (χ1v) is 13.7. The molecule has 2 aromatic rings. The zero-order valence-electron chi connectivity index (χ0n) is 26.0. The van der Waals surface area contributed by atoms with Gasteiger partial charge in [0.1, 0.15) is 17.5 Å². The van der Waals surface area contributed by atoms with E-state index in [4.69, 9.17) is 10.5 Å². The van der Waals surface area contributed by atoms with E-state index in [2.05, 4.69) is 83.1 Å². The minimum Gasteiger partial charge on any atom is -0.507 e. The van der Waals surface area contributed by atoms with E-state index in [0.29, 0.717) is 0 Å². The summed E-state index contributed by atoms with van der Waals surface area (Å²) in [4.78, 5) is 13.1. The lowest BCUT2D eigenvalue weighted by atomic mass is 9.72. The molecule has 0 aliphatic heterocycles. The number of esters is 1. The lowest BCUT2D eigenvalue weighted by Gasteiger charge is -2.33. The molecule has 1 unspecified atom stereocenters. The van der Waals surface area contributed by atoms with Gasteiger partial charge in [-0.15, -0.1) is 0 Å². The number of hydrogen-bond acceptors (Lipinski definition) is 5. The van der Waals surface area contributed by atoms with Crippen LogP contribution in [0.1, 0.15) is 129 Å². The normalized spacial score (nSPS) is 14.1. The number of ether oxygens (including phenoxy) is 1. The highest BCUT2D eigenvalue weighted by Gasteiger charge is 2.36. The van der Waals surface area contributed by atoms with Gasteiger partial charge in [0.05, 0.1) is 6.61 Å². The Bertz CT molecular complexity index is 1020. The summed E-state index contributed by atoms with van der Waals surface area (Å²) in [5.41, 5.74) is 10.2. The Morgan fingerprint density at radius 2 is 0.947 bits per heavy atom. The van der Waals surface area contributed by atoms with Crippen molar-refractivity contribution in [2.75, 3.05) is 6.61 Å². The highest BCUT2D eigenvalue weighted by molar-refractivity contribution is 5.78. The van der Waals surface area contributed by atoms with Crippen LogP contribution >= 0.6 is 0 Å². The average Bonchev–Trinajstić information content (AvgIpc) is 2.72. The van der Waals surface area contributed by atoms with Crippen molar-refractivity contribution < 1.29 is 19.7 Å². The molecule has 5 heteroatoms.